The zero-order valence-corrected chi connectivity index (χ0v) is 12.5. The number of aryl methyl sites for hydroxylation is 1. The predicted octanol–water partition coefficient (Wildman–Crippen LogP) is 2.06. The van der Waals surface area contributed by atoms with Gasteiger partial charge in [0.05, 0.1) is 12.3 Å². The van der Waals surface area contributed by atoms with Crippen molar-refractivity contribution in [1.82, 2.24) is 15.1 Å². The lowest BCUT2D eigenvalue weighted by atomic mass is 9.97. The van der Waals surface area contributed by atoms with Crippen molar-refractivity contribution in [2.24, 2.45) is 11.8 Å². The quantitative estimate of drug-likeness (QED) is 0.844. The fourth-order valence-corrected chi connectivity index (χ4v) is 3.12. The molecule has 21 heavy (non-hydrogen) atoms. The van der Waals surface area contributed by atoms with Crippen molar-refractivity contribution >= 4 is 5.91 Å². The number of hydrogen-bond donors (Lipinski definition) is 1. The van der Waals surface area contributed by atoms with E-state index in [4.69, 9.17) is 4.74 Å². The van der Waals surface area contributed by atoms with Crippen molar-refractivity contribution < 1.29 is 9.53 Å². The van der Waals surface area contributed by atoms with E-state index < -0.39 is 0 Å². The predicted molar refractivity (Wildman–Crippen MR) is 79.6 cm³/mol. The molecule has 3 rings (SSSR count). The van der Waals surface area contributed by atoms with Crippen molar-refractivity contribution in [1.29, 1.82) is 0 Å². The van der Waals surface area contributed by atoms with E-state index in [2.05, 4.69) is 29.5 Å². The Morgan fingerprint density at radius 3 is 3.00 bits per heavy atom. The molecule has 1 aliphatic carbocycles. The fraction of sp³-hybridized carbons (Fsp3) is 0.625. The fourth-order valence-electron chi connectivity index (χ4n) is 3.12. The average molecular weight is 289 g/mol. The van der Waals surface area contributed by atoms with Gasteiger partial charge in [0.2, 0.25) is 5.91 Å². The summed E-state index contributed by atoms with van der Waals surface area (Å²) in [6.07, 6.45) is 10.9. The van der Waals surface area contributed by atoms with Crippen LogP contribution in [0.2, 0.25) is 0 Å². The van der Waals surface area contributed by atoms with E-state index >= 15 is 0 Å². The molecule has 5 nitrogen and oxygen atoms in total. The lowest BCUT2D eigenvalue weighted by Crippen LogP contribution is -2.34. The Hall–Kier alpha value is -1.62. The molecule has 1 N–H and O–H groups in total. The zero-order chi connectivity index (χ0) is 14.7. The van der Waals surface area contributed by atoms with Crippen LogP contribution in [-0.2, 0) is 16.1 Å². The van der Waals surface area contributed by atoms with Crippen LogP contribution in [0.25, 0.3) is 0 Å². The first kappa shape index (κ1) is 14.3. The Kier molecular flexibility index (Phi) is 4.39. The van der Waals surface area contributed by atoms with Gasteiger partial charge in [-0.1, -0.05) is 12.2 Å². The molecule has 1 aromatic heterocycles. The standard InChI is InChI=1S/C16H23N3O2/c1-2-19-11-14(10-18-19)15-13(7-8-21-15)9-17-16(20)12-5-3-4-6-12/h3-4,10-13,15H,2,5-9H2,1H3,(H,17,20)/t13-,15+/m1/s1. The van der Waals surface area contributed by atoms with Crippen LogP contribution in [0.5, 0.6) is 0 Å². The van der Waals surface area contributed by atoms with Crippen molar-refractivity contribution in [2.45, 2.75) is 38.8 Å². The van der Waals surface area contributed by atoms with Crippen molar-refractivity contribution in [3.05, 3.63) is 30.1 Å². The number of rotatable bonds is 5. The number of nitrogens with one attached hydrogen (secondary N) is 1. The second-order valence-electron chi connectivity index (χ2n) is 5.85. The number of carbonyl (C=O) groups excluding carboxylic acids is 1. The molecule has 0 unspecified atom stereocenters. The van der Waals surface area contributed by atoms with Gasteiger partial charge in [-0.2, -0.15) is 5.10 Å². The molecule has 2 heterocycles. The van der Waals surface area contributed by atoms with E-state index in [1.807, 2.05) is 17.1 Å². The Labute approximate surface area is 125 Å². The van der Waals surface area contributed by atoms with E-state index in [-0.39, 0.29) is 17.9 Å². The summed E-state index contributed by atoms with van der Waals surface area (Å²) in [4.78, 5) is 12.1. The van der Waals surface area contributed by atoms with Gasteiger partial charge in [-0.25, -0.2) is 0 Å². The largest absolute Gasteiger partial charge is 0.373 e. The Bertz CT molecular complexity index is 515. The number of amides is 1. The van der Waals surface area contributed by atoms with Gasteiger partial charge in [-0.3, -0.25) is 9.48 Å². The summed E-state index contributed by atoms with van der Waals surface area (Å²) in [5.41, 5.74) is 1.12. The molecule has 0 radical (unpaired) electrons. The maximum atomic E-state index is 12.1. The Morgan fingerprint density at radius 1 is 1.48 bits per heavy atom. The van der Waals surface area contributed by atoms with Crippen LogP contribution in [0.3, 0.4) is 0 Å². The molecule has 2 atom stereocenters. The molecule has 1 saturated heterocycles. The third-order valence-corrected chi connectivity index (χ3v) is 4.44. The van der Waals surface area contributed by atoms with Crippen molar-refractivity contribution in [2.75, 3.05) is 13.2 Å². The van der Waals surface area contributed by atoms with E-state index in [0.29, 0.717) is 12.5 Å². The maximum Gasteiger partial charge on any atom is 0.223 e. The summed E-state index contributed by atoms with van der Waals surface area (Å²) < 4.78 is 7.76. The van der Waals surface area contributed by atoms with Crippen LogP contribution in [-0.4, -0.2) is 28.8 Å². The minimum atomic E-state index is 0.0623. The van der Waals surface area contributed by atoms with Crippen LogP contribution < -0.4 is 5.32 Å². The molecule has 1 amide bonds. The minimum absolute atomic E-state index is 0.0623. The Balaban J connectivity index is 1.55. The van der Waals surface area contributed by atoms with Crippen LogP contribution >= 0.6 is 0 Å². The molecule has 0 spiro atoms. The van der Waals surface area contributed by atoms with Crippen LogP contribution in [0, 0.1) is 11.8 Å². The molecule has 114 valence electrons. The molecule has 1 fully saturated rings. The normalized spacial score (nSPS) is 25.6. The van der Waals surface area contributed by atoms with Crippen molar-refractivity contribution in [3.63, 3.8) is 0 Å². The molecule has 5 heteroatoms. The van der Waals surface area contributed by atoms with Gasteiger partial charge in [0.25, 0.3) is 0 Å². The highest BCUT2D eigenvalue weighted by Crippen LogP contribution is 2.34. The first-order valence-electron chi connectivity index (χ1n) is 7.84. The van der Waals surface area contributed by atoms with Gasteiger partial charge >= 0.3 is 0 Å². The summed E-state index contributed by atoms with van der Waals surface area (Å²) in [7, 11) is 0. The molecule has 0 bridgehead atoms. The van der Waals surface area contributed by atoms with Gasteiger partial charge < -0.3 is 10.1 Å². The number of nitrogens with zero attached hydrogens (tertiary/aromatic N) is 2. The molecular weight excluding hydrogens is 266 g/mol. The third kappa shape index (κ3) is 3.18. The summed E-state index contributed by atoms with van der Waals surface area (Å²) in [5.74, 6) is 0.654. The van der Waals surface area contributed by atoms with Crippen LogP contribution in [0.4, 0.5) is 0 Å². The molecule has 2 aliphatic rings. The highest BCUT2D eigenvalue weighted by Gasteiger charge is 2.31. The molecule has 1 aliphatic heterocycles. The maximum absolute atomic E-state index is 12.1. The number of allylic oxidation sites excluding steroid dienone is 2. The molecule has 0 saturated carbocycles. The van der Waals surface area contributed by atoms with E-state index in [1.54, 1.807) is 0 Å². The summed E-state index contributed by atoms with van der Waals surface area (Å²) in [6, 6.07) is 0. The van der Waals surface area contributed by atoms with Gasteiger partial charge in [-0.15, -0.1) is 0 Å². The lowest BCUT2D eigenvalue weighted by Gasteiger charge is -2.19. The van der Waals surface area contributed by atoms with E-state index in [1.165, 1.54) is 0 Å². The van der Waals surface area contributed by atoms with Gasteiger partial charge in [-0.05, 0) is 26.2 Å². The lowest BCUT2D eigenvalue weighted by molar-refractivity contribution is -0.124. The summed E-state index contributed by atoms with van der Waals surface area (Å²) in [6.45, 7) is 4.38. The number of ether oxygens (including phenoxy) is 1. The Morgan fingerprint density at radius 2 is 2.29 bits per heavy atom. The molecule has 0 aromatic carbocycles. The highest BCUT2D eigenvalue weighted by atomic mass is 16.5. The SMILES string of the molecule is CCn1cc([C@H]2OCC[C@@H]2CNC(=O)C2CC=CC2)cn1. The first-order valence-corrected chi connectivity index (χ1v) is 7.84. The first-order chi connectivity index (χ1) is 10.3. The molecular formula is C16H23N3O2. The van der Waals surface area contributed by atoms with E-state index in [9.17, 15) is 4.79 Å². The second-order valence-corrected chi connectivity index (χ2v) is 5.85. The van der Waals surface area contributed by atoms with Crippen LogP contribution in [0.15, 0.2) is 24.5 Å². The monoisotopic (exact) mass is 289 g/mol. The smallest absolute Gasteiger partial charge is 0.223 e. The highest BCUT2D eigenvalue weighted by molar-refractivity contribution is 5.79. The number of aromatic nitrogens is 2. The number of carbonyl (C=O) groups is 1. The van der Waals surface area contributed by atoms with Gasteiger partial charge in [0.15, 0.2) is 0 Å². The van der Waals surface area contributed by atoms with Gasteiger partial charge in [0.1, 0.15) is 0 Å². The minimum Gasteiger partial charge on any atom is -0.373 e. The summed E-state index contributed by atoms with van der Waals surface area (Å²) >= 11 is 0. The summed E-state index contributed by atoms with van der Waals surface area (Å²) in [5, 5.41) is 7.41. The third-order valence-electron chi connectivity index (χ3n) is 4.44. The average Bonchev–Trinajstić information content (AvgIpc) is 3.24. The van der Waals surface area contributed by atoms with Gasteiger partial charge in [0, 0.05) is 43.3 Å². The topological polar surface area (TPSA) is 56.1 Å². The van der Waals surface area contributed by atoms with Crippen LogP contribution in [0.1, 0.15) is 37.9 Å². The number of hydrogen-bond acceptors (Lipinski definition) is 3. The van der Waals surface area contributed by atoms with E-state index in [0.717, 1.165) is 38.0 Å². The second kappa shape index (κ2) is 6.43. The zero-order valence-electron chi connectivity index (χ0n) is 12.5. The molecule has 1 aromatic rings. The van der Waals surface area contributed by atoms with Crippen molar-refractivity contribution in [3.8, 4) is 0 Å².